The highest BCUT2D eigenvalue weighted by Gasteiger charge is 2.45. The Bertz CT molecular complexity index is 1240. The number of H-pyrrole nitrogens is 1. The van der Waals surface area contributed by atoms with E-state index < -0.39 is 11.1 Å². The molecule has 1 amide bonds. The highest BCUT2D eigenvalue weighted by molar-refractivity contribution is 7.99. The number of aromatic amines is 1. The van der Waals surface area contributed by atoms with Crippen molar-refractivity contribution in [3.63, 3.8) is 0 Å². The normalized spacial score (nSPS) is 14.6. The molecule has 2 heterocycles. The predicted octanol–water partition coefficient (Wildman–Crippen LogP) is 3.05. The number of carbonyl (C=O) groups excluding carboxylic acids is 1. The van der Waals surface area contributed by atoms with E-state index in [0.29, 0.717) is 27.7 Å². The van der Waals surface area contributed by atoms with Crippen LogP contribution in [0.4, 0.5) is 11.4 Å². The van der Waals surface area contributed by atoms with Crippen LogP contribution in [0.5, 0.6) is 0 Å². The minimum atomic E-state index is -0.842. The Morgan fingerprint density at radius 1 is 1.29 bits per heavy atom. The van der Waals surface area contributed by atoms with Gasteiger partial charge >= 0.3 is 11.3 Å². The quantitative estimate of drug-likeness (QED) is 0.284. The van der Waals surface area contributed by atoms with Gasteiger partial charge in [0, 0.05) is 29.9 Å². The van der Waals surface area contributed by atoms with E-state index in [0.717, 1.165) is 12.2 Å². The number of thioether (sulfide) groups is 1. The lowest BCUT2D eigenvalue weighted by Gasteiger charge is -2.31. The molecule has 3 aromatic rings. The average Bonchev–Trinajstić information content (AvgIpc) is 2.76. The van der Waals surface area contributed by atoms with Gasteiger partial charge < -0.3 is 0 Å². The fourth-order valence-corrected chi connectivity index (χ4v) is 4.38. The molecule has 0 saturated heterocycles. The van der Waals surface area contributed by atoms with Gasteiger partial charge in [-0.05, 0) is 29.3 Å². The van der Waals surface area contributed by atoms with Crippen LogP contribution in [-0.4, -0.2) is 26.7 Å². The maximum absolute atomic E-state index is 13.1. The van der Waals surface area contributed by atoms with Crippen LogP contribution >= 0.6 is 11.8 Å². The first-order valence-electron chi connectivity index (χ1n) is 9.75. The lowest BCUT2D eigenvalue weighted by atomic mass is 10.0. The standard InChI is InChI=1S/C21H19N5O4S/c1-3-11-31-21-22-19(28)18-16-9-4-5-10-17(16)24(13(2)27)20(25(18)23-21)14-7-6-8-15(12-14)26(29)30/h4-10,12,20H,3,11H2,1-2H3/p+1/t20-/m0/s1. The molecule has 0 unspecified atom stereocenters. The maximum Gasteiger partial charge on any atom is 0.325 e. The number of nitrogens with zero attached hydrogens (tertiary/aromatic N) is 4. The molecule has 1 aliphatic heterocycles. The Morgan fingerprint density at radius 2 is 2.06 bits per heavy atom. The first-order valence-corrected chi connectivity index (χ1v) is 10.7. The summed E-state index contributed by atoms with van der Waals surface area (Å²) in [4.78, 5) is 41.1. The smallest absolute Gasteiger partial charge is 0.291 e. The Hall–Kier alpha value is -3.53. The zero-order valence-corrected chi connectivity index (χ0v) is 17.8. The Labute approximate surface area is 181 Å². The monoisotopic (exact) mass is 438 g/mol. The minimum absolute atomic E-state index is 0.104. The number of carbonyl (C=O) groups is 1. The van der Waals surface area contributed by atoms with E-state index in [9.17, 15) is 19.7 Å². The van der Waals surface area contributed by atoms with E-state index in [1.54, 1.807) is 36.4 Å². The predicted molar refractivity (Wildman–Crippen MR) is 116 cm³/mol. The third kappa shape index (κ3) is 3.70. The van der Waals surface area contributed by atoms with E-state index in [1.165, 1.54) is 40.4 Å². The number of aromatic nitrogens is 3. The molecule has 1 aliphatic rings. The summed E-state index contributed by atoms with van der Waals surface area (Å²) < 4.78 is 1.50. The Kier molecular flexibility index (Phi) is 5.55. The third-order valence-corrected chi connectivity index (χ3v) is 5.99. The molecule has 10 heteroatoms. The third-order valence-electron chi connectivity index (χ3n) is 4.92. The van der Waals surface area contributed by atoms with Crippen LogP contribution in [0.15, 0.2) is 58.5 Å². The van der Waals surface area contributed by atoms with Crippen molar-refractivity contribution in [3.05, 3.63) is 74.6 Å². The van der Waals surface area contributed by atoms with Crippen molar-refractivity contribution in [2.75, 3.05) is 10.7 Å². The van der Waals surface area contributed by atoms with E-state index >= 15 is 0 Å². The van der Waals surface area contributed by atoms with E-state index in [1.807, 2.05) is 6.92 Å². The Balaban J connectivity index is 2.03. The van der Waals surface area contributed by atoms with Gasteiger partial charge in [0.15, 0.2) is 0 Å². The summed E-state index contributed by atoms with van der Waals surface area (Å²) in [6.07, 6.45) is 0.0536. The fraction of sp³-hybridized carbons (Fsp3) is 0.238. The molecule has 1 aromatic heterocycles. The molecule has 9 nitrogen and oxygen atoms in total. The molecule has 0 spiro atoms. The topological polar surface area (TPSA) is 113 Å². The van der Waals surface area contributed by atoms with Gasteiger partial charge in [-0.15, -0.1) is 0 Å². The number of non-ortho nitro benzene ring substituents is 1. The first kappa shape index (κ1) is 20.7. The van der Waals surface area contributed by atoms with Gasteiger partial charge in [0.1, 0.15) is 0 Å². The molecule has 158 valence electrons. The number of amides is 1. The highest BCUT2D eigenvalue weighted by atomic mass is 32.2. The largest absolute Gasteiger partial charge is 0.325 e. The van der Waals surface area contributed by atoms with Crippen LogP contribution in [0.1, 0.15) is 32.0 Å². The summed E-state index contributed by atoms with van der Waals surface area (Å²) in [5, 5.41) is 16.4. The number of anilines is 1. The molecule has 0 aliphatic carbocycles. The van der Waals surface area contributed by atoms with Gasteiger partial charge in [-0.25, -0.2) is 4.90 Å². The minimum Gasteiger partial charge on any atom is -0.291 e. The second-order valence-electron chi connectivity index (χ2n) is 7.03. The van der Waals surface area contributed by atoms with Crippen LogP contribution in [0.25, 0.3) is 11.3 Å². The van der Waals surface area contributed by atoms with Crippen molar-refractivity contribution < 1.29 is 14.4 Å². The number of hydrogen-bond donors (Lipinski definition) is 1. The number of hydrogen-bond acceptors (Lipinski definition) is 6. The number of nitro groups is 1. The maximum atomic E-state index is 13.1. The summed E-state index contributed by atoms with van der Waals surface area (Å²) in [6, 6.07) is 13.1. The number of nitro benzene ring substituents is 1. The second-order valence-corrected chi connectivity index (χ2v) is 8.12. The van der Waals surface area contributed by atoms with Crippen LogP contribution in [0.2, 0.25) is 0 Å². The number of fused-ring (bicyclic) bond motifs is 3. The van der Waals surface area contributed by atoms with Crippen molar-refractivity contribution in [1.82, 2.24) is 10.1 Å². The summed E-state index contributed by atoms with van der Waals surface area (Å²) >= 11 is 1.40. The Morgan fingerprint density at radius 3 is 2.77 bits per heavy atom. The molecule has 1 N–H and O–H groups in total. The number of nitrogens with one attached hydrogen (secondary N) is 1. The van der Waals surface area contributed by atoms with Crippen molar-refractivity contribution in [3.8, 4) is 11.3 Å². The lowest BCUT2D eigenvalue weighted by Crippen LogP contribution is -2.60. The number of benzene rings is 2. The van der Waals surface area contributed by atoms with Gasteiger partial charge in [0.2, 0.25) is 11.1 Å². The molecular formula is C21H20N5O4S+. The highest BCUT2D eigenvalue weighted by Crippen LogP contribution is 2.37. The van der Waals surface area contributed by atoms with Crippen LogP contribution in [0, 0.1) is 10.1 Å². The van der Waals surface area contributed by atoms with E-state index in [4.69, 9.17) is 0 Å². The van der Waals surface area contributed by atoms with Gasteiger partial charge in [0.05, 0.1) is 21.7 Å². The molecule has 31 heavy (non-hydrogen) atoms. The zero-order valence-electron chi connectivity index (χ0n) is 16.9. The lowest BCUT2D eigenvalue weighted by molar-refractivity contribution is -0.763. The van der Waals surface area contributed by atoms with Crippen LogP contribution in [0.3, 0.4) is 0 Å². The molecule has 2 aromatic carbocycles. The van der Waals surface area contributed by atoms with E-state index in [2.05, 4.69) is 10.1 Å². The van der Waals surface area contributed by atoms with E-state index in [-0.39, 0.29) is 17.2 Å². The molecular weight excluding hydrogens is 418 g/mol. The van der Waals surface area contributed by atoms with Crippen molar-refractivity contribution in [1.29, 1.82) is 0 Å². The van der Waals surface area contributed by atoms with Gasteiger partial charge in [-0.1, -0.05) is 36.9 Å². The van der Waals surface area contributed by atoms with Crippen LogP contribution in [-0.2, 0) is 4.79 Å². The molecule has 4 rings (SSSR count). The summed E-state index contributed by atoms with van der Waals surface area (Å²) in [7, 11) is 0. The van der Waals surface area contributed by atoms with Crippen molar-refractivity contribution >= 4 is 29.0 Å². The molecule has 0 saturated carbocycles. The van der Waals surface area contributed by atoms with Crippen molar-refractivity contribution in [2.45, 2.75) is 31.6 Å². The summed E-state index contributed by atoms with van der Waals surface area (Å²) in [5.74, 6) is 0.489. The zero-order chi connectivity index (χ0) is 22.1. The van der Waals surface area contributed by atoms with Gasteiger partial charge in [-0.2, -0.15) is 0 Å². The number of para-hydroxylation sites is 1. The molecule has 0 bridgehead atoms. The van der Waals surface area contributed by atoms with Gasteiger partial charge in [0.25, 0.3) is 11.9 Å². The second kappa shape index (κ2) is 8.31. The number of rotatable bonds is 5. The first-order chi connectivity index (χ1) is 14.9. The van der Waals surface area contributed by atoms with Gasteiger partial charge in [-0.3, -0.25) is 24.7 Å². The molecule has 0 radical (unpaired) electrons. The van der Waals surface area contributed by atoms with Crippen LogP contribution < -0.4 is 15.1 Å². The SMILES string of the molecule is CCCSc1n[n+]2c(c(=O)[nH]1)-c1ccccc1N(C(C)=O)[C@@H]2c1cccc([N+](=O)[O-])c1. The summed E-state index contributed by atoms with van der Waals surface area (Å²) in [6.45, 7) is 3.45. The average molecular weight is 438 g/mol. The summed E-state index contributed by atoms with van der Waals surface area (Å²) in [5.41, 5.74) is 1.46. The van der Waals surface area contributed by atoms with Crippen molar-refractivity contribution in [2.24, 2.45) is 0 Å². The molecule has 0 fully saturated rings. The fourth-order valence-electron chi connectivity index (χ4n) is 3.68. The molecule has 1 atom stereocenters.